The Morgan fingerprint density at radius 1 is 1.47 bits per heavy atom. The SMILES string of the molecule is Cl.Nc1ccc([C@H]2CNCCO2)c(F)c1. The first-order valence-corrected chi connectivity index (χ1v) is 4.64. The summed E-state index contributed by atoms with van der Waals surface area (Å²) in [6.45, 7) is 2.10. The van der Waals surface area contributed by atoms with Crippen LogP contribution in [0.15, 0.2) is 18.2 Å². The molecule has 1 atom stereocenters. The van der Waals surface area contributed by atoms with Gasteiger partial charge in [-0.1, -0.05) is 6.07 Å². The maximum Gasteiger partial charge on any atom is 0.131 e. The molecule has 1 aromatic rings. The van der Waals surface area contributed by atoms with Crippen molar-refractivity contribution in [3.05, 3.63) is 29.6 Å². The smallest absolute Gasteiger partial charge is 0.131 e. The Hall–Kier alpha value is -0.840. The first-order valence-electron chi connectivity index (χ1n) is 4.64. The minimum Gasteiger partial charge on any atom is -0.399 e. The fourth-order valence-corrected chi connectivity index (χ4v) is 1.57. The van der Waals surface area contributed by atoms with E-state index in [2.05, 4.69) is 5.32 Å². The van der Waals surface area contributed by atoms with Gasteiger partial charge in [0.1, 0.15) is 5.82 Å². The van der Waals surface area contributed by atoms with Gasteiger partial charge in [0, 0.05) is 24.3 Å². The van der Waals surface area contributed by atoms with E-state index in [1.807, 2.05) is 0 Å². The summed E-state index contributed by atoms with van der Waals surface area (Å²) in [5, 5.41) is 3.15. The molecule has 0 aromatic heterocycles. The molecule has 1 heterocycles. The maximum atomic E-state index is 13.4. The molecule has 0 spiro atoms. The molecule has 1 saturated heterocycles. The van der Waals surface area contributed by atoms with Crippen LogP contribution in [0.4, 0.5) is 10.1 Å². The third-order valence-electron chi connectivity index (χ3n) is 2.30. The summed E-state index contributed by atoms with van der Waals surface area (Å²) in [5.74, 6) is -0.293. The number of benzene rings is 1. The monoisotopic (exact) mass is 232 g/mol. The fourth-order valence-electron chi connectivity index (χ4n) is 1.57. The van der Waals surface area contributed by atoms with Crippen LogP contribution in [0.2, 0.25) is 0 Å². The second-order valence-electron chi connectivity index (χ2n) is 3.34. The number of nitrogens with two attached hydrogens (primary N) is 1. The van der Waals surface area contributed by atoms with Crippen LogP contribution in [-0.4, -0.2) is 19.7 Å². The molecule has 3 N–H and O–H groups in total. The second-order valence-corrected chi connectivity index (χ2v) is 3.34. The Morgan fingerprint density at radius 3 is 2.87 bits per heavy atom. The summed E-state index contributed by atoms with van der Waals surface area (Å²) >= 11 is 0. The van der Waals surface area contributed by atoms with Crippen molar-refractivity contribution in [3.63, 3.8) is 0 Å². The van der Waals surface area contributed by atoms with E-state index in [0.717, 1.165) is 6.54 Å². The molecule has 15 heavy (non-hydrogen) atoms. The van der Waals surface area contributed by atoms with Gasteiger partial charge in [0.25, 0.3) is 0 Å². The molecule has 1 aliphatic heterocycles. The summed E-state index contributed by atoms with van der Waals surface area (Å²) in [6.07, 6.45) is -0.190. The van der Waals surface area contributed by atoms with Gasteiger partial charge in [0.15, 0.2) is 0 Å². The number of nitrogen functional groups attached to an aromatic ring is 1. The molecule has 0 saturated carbocycles. The molecule has 5 heteroatoms. The van der Waals surface area contributed by atoms with Crippen LogP contribution in [0.25, 0.3) is 0 Å². The average Bonchev–Trinajstić information content (AvgIpc) is 2.19. The highest BCUT2D eigenvalue weighted by molar-refractivity contribution is 5.85. The van der Waals surface area contributed by atoms with Crippen molar-refractivity contribution >= 4 is 18.1 Å². The standard InChI is InChI=1S/C10H13FN2O.ClH/c11-9-5-7(12)1-2-8(9)10-6-13-3-4-14-10;/h1-2,5,10,13H,3-4,6,12H2;1H/t10-;/m1./s1. The third kappa shape index (κ3) is 2.81. The van der Waals surface area contributed by atoms with Crippen LogP contribution >= 0.6 is 12.4 Å². The van der Waals surface area contributed by atoms with Crippen LogP contribution in [-0.2, 0) is 4.74 Å². The molecule has 0 radical (unpaired) electrons. The van der Waals surface area contributed by atoms with Crippen LogP contribution in [0.1, 0.15) is 11.7 Å². The molecule has 1 aliphatic rings. The van der Waals surface area contributed by atoms with Crippen LogP contribution < -0.4 is 11.1 Å². The van der Waals surface area contributed by atoms with Crippen LogP contribution in [0.3, 0.4) is 0 Å². The summed E-state index contributed by atoms with van der Waals surface area (Å²) < 4.78 is 18.9. The molecule has 1 aromatic carbocycles. The summed E-state index contributed by atoms with van der Waals surface area (Å²) in [7, 11) is 0. The molecule has 0 amide bonds. The first kappa shape index (κ1) is 12.2. The van der Waals surface area contributed by atoms with E-state index >= 15 is 0 Å². The zero-order chi connectivity index (χ0) is 9.97. The van der Waals surface area contributed by atoms with Gasteiger partial charge >= 0.3 is 0 Å². The van der Waals surface area contributed by atoms with E-state index in [4.69, 9.17) is 10.5 Å². The van der Waals surface area contributed by atoms with E-state index in [-0.39, 0.29) is 24.3 Å². The summed E-state index contributed by atoms with van der Waals surface area (Å²) in [6, 6.07) is 4.70. The Bertz CT molecular complexity index is 329. The Balaban J connectivity index is 0.00000112. The van der Waals surface area contributed by atoms with Gasteiger partial charge in [-0.2, -0.15) is 0 Å². The lowest BCUT2D eigenvalue weighted by Gasteiger charge is -2.24. The zero-order valence-corrected chi connectivity index (χ0v) is 9.02. The number of ether oxygens (including phenoxy) is 1. The number of nitrogens with one attached hydrogen (secondary N) is 1. The lowest BCUT2D eigenvalue weighted by atomic mass is 10.1. The number of halogens is 2. The van der Waals surface area contributed by atoms with E-state index < -0.39 is 0 Å². The minimum absolute atomic E-state index is 0. The van der Waals surface area contributed by atoms with Crippen LogP contribution in [0.5, 0.6) is 0 Å². The molecular formula is C10H14ClFN2O. The molecular weight excluding hydrogens is 219 g/mol. The number of rotatable bonds is 1. The Kier molecular flexibility index (Phi) is 4.32. The summed E-state index contributed by atoms with van der Waals surface area (Å²) in [4.78, 5) is 0. The fraction of sp³-hybridized carbons (Fsp3) is 0.400. The predicted octanol–water partition coefficient (Wildman–Crippen LogP) is 1.49. The molecule has 3 nitrogen and oxygen atoms in total. The van der Waals surface area contributed by atoms with E-state index in [1.54, 1.807) is 12.1 Å². The largest absolute Gasteiger partial charge is 0.399 e. The van der Waals surface area contributed by atoms with Gasteiger partial charge in [-0.25, -0.2) is 4.39 Å². The molecule has 0 bridgehead atoms. The molecule has 1 fully saturated rings. The molecule has 84 valence electrons. The molecule has 0 unspecified atom stereocenters. The second kappa shape index (κ2) is 5.30. The normalized spacial score (nSPS) is 20.7. The van der Waals surface area contributed by atoms with E-state index in [0.29, 0.717) is 24.4 Å². The van der Waals surface area contributed by atoms with Crippen molar-refractivity contribution in [3.8, 4) is 0 Å². The highest BCUT2D eigenvalue weighted by Crippen LogP contribution is 2.23. The van der Waals surface area contributed by atoms with Gasteiger partial charge in [0.05, 0.1) is 12.7 Å². The number of morpholine rings is 1. The average molecular weight is 233 g/mol. The molecule has 0 aliphatic carbocycles. The van der Waals surface area contributed by atoms with Crippen molar-refractivity contribution in [2.24, 2.45) is 0 Å². The predicted molar refractivity (Wildman–Crippen MR) is 59.6 cm³/mol. The number of hydrogen-bond donors (Lipinski definition) is 2. The van der Waals surface area contributed by atoms with E-state index in [1.165, 1.54) is 6.07 Å². The van der Waals surface area contributed by atoms with Crippen molar-refractivity contribution in [2.75, 3.05) is 25.4 Å². The maximum absolute atomic E-state index is 13.4. The van der Waals surface area contributed by atoms with Crippen molar-refractivity contribution in [1.29, 1.82) is 0 Å². The van der Waals surface area contributed by atoms with Gasteiger partial charge in [-0.05, 0) is 12.1 Å². The van der Waals surface area contributed by atoms with Crippen LogP contribution in [0, 0.1) is 5.82 Å². The number of anilines is 1. The highest BCUT2D eigenvalue weighted by atomic mass is 35.5. The van der Waals surface area contributed by atoms with Crippen molar-refractivity contribution in [2.45, 2.75) is 6.10 Å². The first-order chi connectivity index (χ1) is 6.77. The highest BCUT2D eigenvalue weighted by Gasteiger charge is 2.18. The Morgan fingerprint density at radius 2 is 2.27 bits per heavy atom. The number of hydrogen-bond acceptors (Lipinski definition) is 3. The third-order valence-corrected chi connectivity index (χ3v) is 2.30. The molecule has 2 rings (SSSR count). The summed E-state index contributed by atoms with van der Waals surface area (Å²) in [5.41, 5.74) is 6.48. The van der Waals surface area contributed by atoms with Gasteiger partial charge in [-0.3, -0.25) is 0 Å². The Labute approximate surface area is 94.2 Å². The van der Waals surface area contributed by atoms with E-state index in [9.17, 15) is 4.39 Å². The van der Waals surface area contributed by atoms with Gasteiger partial charge in [-0.15, -0.1) is 12.4 Å². The topological polar surface area (TPSA) is 47.3 Å². The lowest BCUT2D eigenvalue weighted by molar-refractivity contribution is 0.0255. The van der Waals surface area contributed by atoms with Gasteiger partial charge in [0.2, 0.25) is 0 Å². The quantitative estimate of drug-likeness (QED) is 0.722. The minimum atomic E-state index is -0.293. The van der Waals surface area contributed by atoms with Crippen molar-refractivity contribution in [1.82, 2.24) is 5.32 Å². The van der Waals surface area contributed by atoms with Crippen molar-refractivity contribution < 1.29 is 9.13 Å². The lowest BCUT2D eigenvalue weighted by Crippen LogP contribution is -2.33. The zero-order valence-electron chi connectivity index (χ0n) is 8.20. The van der Waals surface area contributed by atoms with Gasteiger partial charge < -0.3 is 15.8 Å².